The largest absolute Gasteiger partial charge is 0.390 e. The van der Waals surface area contributed by atoms with Crippen LogP contribution in [-0.2, 0) is 6.42 Å². The fourth-order valence-corrected chi connectivity index (χ4v) is 3.01. The van der Waals surface area contributed by atoms with Crippen LogP contribution >= 0.6 is 0 Å². The highest BCUT2D eigenvalue weighted by Gasteiger charge is 2.37. The second-order valence-electron chi connectivity index (χ2n) is 6.18. The molecule has 1 fully saturated rings. The molecule has 2 heteroatoms. The second-order valence-corrected chi connectivity index (χ2v) is 6.18. The Balaban J connectivity index is 1.76. The summed E-state index contributed by atoms with van der Waals surface area (Å²) in [5.41, 5.74) is 0.474. The molecule has 0 saturated heterocycles. The lowest BCUT2D eigenvalue weighted by Gasteiger charge is -2.38. The summed E-state index contributed by atoms with van der Waals surface area (Å²) >= 11 is 0. The van der Waals surface area contributed by atoms with E-state index in [1.807, 2.05) is 18.2 Å². The standard InChI is InChI=1S/C17H26O2/c1-14-10-12-17(19,13-11-14)16(18)9-5-8-15-6-3-2-4-7-15/h2-4,6-7,14,16,18-19H,5,8-13H2,1H3. The molecule has 1 aliphatic carbocycles. The summed E-state index contributed by atoms with van der Waals surface area (Å²) in [6, 6.07) is 10.3. The topological polar surface area (TPSA) is 40.5 Å². The van der Waals surface area contributed by atoms with E-state index >= 15 is 0 Å². The van der Waals surface area contributed by atoms with Crippen LogP contribution < -0.4 is 0 Å². The number of aliphatic hydroxyl groups excluding tert-OH is 1. The molecule has 1 aliphatic rings. The van der Waals surface area contributed by atoms with Gasteiger partial charge >= 0.3 is 0 Å². The maximum Gasteiger partial charge on any atom is 0.0905 e. The van der Waals surface area contributed by atoms with Gasteiger partial charge in [0.2, 0.25) is 0 Å². The zero-order valence-corrected chi connectivity index (χ0v) is 11.9. The van der Waals surface area contributed by atoms with Gasteiger partial charge in [-0.2, -0.15) is 0 Å². The number of rotatable bonds is 5. The summed E-state index contributed by atoms with van der Waals surface area (Å²) in [5, 5.41) is 20.8. The van der Waals surface area contributed by atoms with E-state index in [9.17, 15) is 10.2 Å². The lowest BCUT2D eigenvalue weighted by Crippen LogP contribution is -2.45. The Morgan fingerprint density at radius 3 is 2.47 bits per heavy atom. The fraction of sp³-hybridized carbons (Fsp3) is 0.647. The molecular weight excluding hydrogens is 236 g/mol. The number of hydrogen-bond acceptors (Lipinski definition) is 2. The first kappa shape index (κ1) is 14.5. The van der Waals surface area contributed by atoms with E-state index in [0.717, 1.165) is 38.5 Å². The molecule has 0 aromatic heterocycles. The van der Waals surface area contributed by atoms with Gasteiger partial charge in [-0.25, -0.2) is 0 Å². The molecular formula is C17H26O2. The van der Waals surface area contributed by atoms with Gasteiger partial charge in [0.15, 0.2) is 0 Å². The summed E-state index contributed by atoms with van der Waals surface area (Å²) in [7, 11) is 0. The van der Waals surface area contributed by atoms with Crippen molar-refractivity contribution in [1.29, 1.82) is 0 Å². The van der Waals surface area contributed by atoms with Gasteiger partial charge in [-0.15, -0.1) is 0 Å². The van der Waals surface area contributed by atoms with Gasteiger partial charge in [-0.3, -0.25) is 0 Å². The Kier molecular flexibility index (Phi) is 5.00. The van der Waals surface area contributed by atoms with Crippen molar-refractivity contribution in [2.75, 3.05) is 0 Å². The van der Waals surface area contributed by atoms with Crippen LogP contribution in [0.5, 0.6) is 0 Å². The smallest absolute Gasteiger partial charge is 0.0905 e. The third kappa shape index (κ3) is 4.05. The SMILES string of the molecule is CC1CCC(O)(C(O)CCCc2ccccc2)CC1. The summed E-state index contributed by atoms with van der Waals surface area (Å²) < 4.78 is 0. The number of aryl methyl sites for hydroxylation is 1. The second kappa shape index (κ2) is 6.53. The van der Waals surface area contributed by atoms with Crippen LogP contribution in [0.15, 0.2) is 30.3 Å². The van der Waals surface area contributed by atoms with E-state index in [2.05, 4.69) is 19.1 Å². The first-order valence-corrected chi connectivity index (χ1v) is 7.54. The highest BCUT2D eigenvalue weighted by Crippen LogP contribution is 2.35. The summed E-state index contributed by atoms with van der Waals surface area (Å²) in [4.78, 5) is 0. The summed E-state index contributed by atoms with van der Waals surface area (Å²) in [5.74, 6) is 0.691. The van der Waals surface area contributed by atoms with E-state index in [0.29, 0.717) is 12.3 Å². The van der Waals surface area contributed by atoms with Crippen molar-refractivity contribution in [3.8, 4) is 0 Å². The average Bonchev–Trinajstić information content (AvgIpc) is 2.43. The molecule has 19 heavy (non-hydrogen) atoms. The highest BCUT2D eigenvalue weighted by atomic mass is 16.3. The zero-order chi connectivity index (χ0) is 13.7. The fourth-order valence-electron chi connectivity index (χ4n) is 3.01. The van der Waals surface area contributed by atoms with E-state index in [4.69, 9.17) is 0 Å². The molecule has 0 heterocycles. The molecule has 106 valence electrons. The molecule has 1 aromatic rings. The van der Waals surface area contributed by atoms with Gasteiger partial charge in [0.1, 0.15) is 0 Å². The van der Waals surface area contributed by atoms with E-state index in [1.165, 1.54) is 5.56 Å². The molecule has 0 radical (unpaired) electrons. The van der Waals surface area contributed by atoms with Crippen LogP contribution in [0.4, 0.5) is 0 Å². The van der Waals surface area contributed by atoms with Crippen LogP contribution in [0.1, 0.15) is 51.0 Å². The first-order valence-electron chi connectivity index (χ1n) is 7.54. The maximum absolute atomic E-state index is 10.5. The minimum atomic E-state index is -0.830. The highest BCUT2D eigenvalue weighted by molar-refractivity contribution is 5.14. The Bertz CT molecular complexity index is 366. The molecule has 1 unspecified atom stereocenters. The molecule has 2 nitrogen and oxygen atoms in total. The van der Waals surface area contributed by atoms with Crippen LogP contribution in [0, 0.1) is 5.92 Å². The molecule has 0 spiro atoms. The van der Waals surface area contributed by atoms with Crippen molar-refractivity contribution >= 4 is 0 Å². The van der Waals surface area contributed by atoms with Crippen molar-refractivity contribution in [1.82, 2.24) is 0 Å². The predicted octanol–water partition coefficient (Wildman–Crippen LogP) is 3.31. The van der Waals surface area contributed by atoms with Gasteiger partial charge in [-0.1, -0.05) is 37.3 Å². The first-order chi connectivity index (χ1) is 9.10. The van der Waals surface area contributed by atoms with Crippen LogP contribution in [0.25, 0.3) is 0 Å². The molecule has 1 atom stereocenters. The molecule has 1 saturated carbocycles. The monoisotopic (exact) mass is 262 g/mol. The predicted molar refractivity (Wildman–Crippen MR) is 78.0 cm³/mol. The van der Waals surface area contributed by atoms with Gasteiger partial charge < -0.3 is 10.2 Å². The minimum absolute atomic E-state index is 0.566. The number of hydrogen-bond donors (Lipinski definition) is 2. The van der Waals surface area contributed by atoms with Gasteiger partial charge in [0, 0.05) is 0 Å². The summed E-state index contributed by atoms with van der Waals surface area (Å²) in [6.07, 6.45) is 5.61. The zero-order valence-electron chi connectivity index (χ0n) is 11.9. The number of aliphatic hydroxyl groups is 2. The van der Waals surface area contributed by atoms with Crippen LogP contribution in [0.3, 0.4) is 0 Å². The van der Waals surface area contributed by atoms with E-state index in [-0.39, 0.29) is 0 Å². The van der Waals surface area contributed by atoms with Crippen molar-refractivity contribution < 1.29 is 10.2 Å². The molecule has 0 bridgehead atoms. The third-order valence-corrected chi connectivity index (χ3v) is 4.55. The third-order valence-electron chi connectivity index (χ3n) is 4.55. The molecule has 1 aromatic carbocycles. The quantitative estimate of drug-likeness (QED) is 0.854. The molecule has 0 aliphatic heterocycles. The Hall–Kier alpha value is -0.860. The van der Waals surface area contributed by atoms with E-state index in [1.54, 1.807) is 0 Å². The average molecular weight is 262 g/mol. The Labute approximate surface area is 116 Å². The Morgan fingerprint density at radius 1 is 1.21 bits per heavy atom. The van der Waals surface area contributed by atoms with Crippen molar-refractivity contribution in [2.45, 2.75) is 63.6 Å². The minimum Gasteiger partial charge on any atom is -0.390 e. The van der Waals surface area contributed by atoms with Crippen molar-refractivity contribution in [3.63, 3.8) is 0 Å². The lowest BCUT2D eigenvalue weighted by atomic mass is 9.75. The lowest BCUT2D eigenvalue weighted by molar-refractivity contribution is -0.106. The van der Waals surface area contributed by atoms with Crippen molar-refractivity contribution in [3.05, 3.63) is 35.9 Å². The number of benzene rings is 1. The van der Waals surface area contributed by atoms with E-state index < -0.39 is 11.7 Å². The molecule has 2 rings (SSSR count). The van der Waals surface area contributed by atoms with Crippen LogP contribution in [0.2, 0.25) is 0 Å². The maximum atomic E-state index is 10.5. The van der Waals surface area contributed by atoms with Gasteiger partial charge in [0.05, 0.1) is 11.7 Å². The molecule has 2 N–H and O–H groups in total. The van der Waals surface area contributed by atoms with Gasteiger partial charge in [0.25, 0.3) is 0 Å². The van der Waals surface area contributed by atoms with Crippen molar-refractivity contribution in [2.24, 2.45) is 5.92 Å². The van der Waals surface area contributed by atoms with Crippen LogP contribution in [-0.4, -0.2) is 21.9 Å². The van der Waals surface area contributed by atoms with Gasteiger partial charge in [-0.05, 0) is 56.4 Å². The Morgan fingerprint density at radius 2 is 1.84 bits per heavy atom. The molecule has 0 amide bonds. The normalized spacial score (nSPS) is 29.1. The summed E-state index contributed by atoms with van der Waals surface area (Å²) in [6.45, 7) is 2.22.